The fourth-order valence-electron chi connectivity index (χ4n) is 0.869. The number of carbonyl (C=O) groups excluding carboxylic acids is 1. The molecule has 75 valence electrons. The highest BCUT2D eigenvalue weighted by Gasteiger charge is 2.02. The van der Waals surface area contributed by atoms with E-state index in [4.69, 9.17) is 4.74 Å². The fourth-order valence-corrected chi connectivity index (χ4v) is 1.83. The van der Waals surface area contributed by atoms with Gasteiger partial charge in [0.2, 0.25) is 0 Å². The summed E-state index contributed by atoms with van der Waals surface area (Å²) in [5.74, 6) is -0.265. The lowest BCUT2D eigenvalue weighted by Gasteiger charge is -2.04. The Kier molecular flexibility index (Phi) is 6.59. The molecule has 0 bridgehead atoms. The summed E-state index contributed by atoms with van der Waals surface area (Å²) < 4.78 is 4.96. The van der Waals surface area contributed by atoms with Crippen molar-refractivity contribution in [2.45, 2.75) is 38.9 Å². The van der Waals surface area contributed by atoms with E-state index in [2.05, 4.69) is 19.7 Å². The second kappa shape index (κ2) is 6.89. The third kappa shape index (κ3) is 7.78. The Labute approximate surface area is 82.6 Å². The molecule has 0 saturated heterocycles. The van der Waals surface area contributed by atoms with Gasteiger partial charge in [0, 0.05) is 14.4 Å². The Bertz CT molecular complexity index is 176. The van der Waals surface area contributed by atoms with Crippen LogP contribution in [0.3, 0.4) is 0 Å². The molecule has 0 atom stereocenters. The van der Waals surface area contributed by atoms with Crippen molar-refractivity contribution in [3.8, 4) is 0 Å². The summed E-state index contributed by atoms with van der Waals surface area (Å²) in [5.41, 5.74) is 0.482. The second-order valence-electron chi connectivity index (χ2n) is 3.58. The zero-order valence-corrected chi connectivity index (χ0v) is 9.85. The SMILES string of the molecule is C=C(C)C(=O)OCCCC[Si](C)C. The molecule has 0 fully saturated rings. The lowest BCUT2D eigenvalue weighted by molar-refractivity contribution is -0.139. The Morgan fingerprint density at radius 2 is 2.00 bits per heavy atom. The van der Waals surface area contributed by atoms with Crippen LogP contribution in [0, 0.1) is 0 Å². The van der Waals surface area contributed by atoms with Crippen molar-refractivity contribution in [3.63, 3.8) is 0 Å². The number of ether oxygens (including phenoxy) is 1. The van der Waals surface area contributed by atoms with Crippen LogP contribution in [0.15, 0.2) is 12.2 Å². The first-order valence-electron chi connectivity index (χ1n) is 4.65. The standard InChI is InChI=1S/C10H19O2Si/c1-9(2)10(11)12-7-5-6-8-13(3)4/h1,5-8H2,2-4H3. The fraction of sp³-hybridized carbons (Fsp3) is 0.700. The third-order valence-electron chi connectivity index (χ3n) is 1.65. The van der Waals surface area contributed by atoms with Crippen LogP contribution in [0.1, 0.15) is 19.8 Å². The van der Waals surface area contributed by atoms with Crippen LogP contribution in [0.2, 0.25) is 19.1 Å². The maximum atomic E-state index is 10.9. The van der Waals surface area contributed by atoms with Gasteiger partial charge < -0.3 is 4.74 Å². The van der Waals surface area contributed by atoms with Gasteiger partial charge in [0.15, 0.2) is 0 Å². The molecule has 0 rings (SSSR count). The summed E-state index contributed by atoms with van der Waals surface area (Å²) in [6, 6.07) is 1.30. The molecule has 0 saturated carbocycles. The molecule has 13 heavy (non-hydrogen) atoms. The topological polar surface area (TPSA) is 26.3 Å². The largest absolute Gasteiger partial charge is 0.462 e. The number of rotatable bonds is 6. The maximum absolute atomic E-state index is 10.9. The van der Waals surface area contributed by atoms with E-state index in [-0.39, 0.29) is 14.8 Å². The predicted molar refractivity (Wildman–Crippen MR) is 57.3 cm³/mol. The summed E-state index contributed by atoms with van der Waals surface area (Å²) >= 11 is 0. The van der Waals surface area contributed by atoms with Gasteiger partial charge in [0.1, 0.15) is 0 Å². The van der Waals surface area contributed by atoms with Gasteiger partial charge in [-0.2, -0.15) is 0 Å². The van der Waals surface area contributed by atoms with Crippen molar-refractivity contribution >= 4 is 14.8 Å². The van der Waals surface area contributed by atoms with E-state index in [1.54, 1.807) is 6.92 Å². The molecule has 3 heteroatoms. The Morgan fingerprint density at radius 1 is 1.38 bits per heavy atom. The van der Waals surface area contributed by atoms with Crippen LogP contribution in [-0.4, -0.2) is 21.4 Å². The first kappa shape index (κ1) is 12.4. The summed E-state index contributed by atoms with van der Waals surface area (Å²) in [6.07, 6.45) is 2.15. The van der Waals surface area contributed by atoms with Gasteiger partial charge in [-0.1, -0.05) is 32.1 Å². The molecule has 0 aromatic heterocycles. The Hall–Kier alpha value is -0.573. The number of unbranched alkanes of at least 4 members (excludes halogenated alkanes) is 1. The lowest BCUT2D eigenvalue weighted by Crippen LogP contribution is -2.07. The van der Waals surface area contributed by atoms with Crippen LogP contribution >= 0.6 is 0 Å². The van der Waals surface area contributed by atoms with Gasteiger partial charge in [-0.15, -0.1) is 0 Å². The molecule has 2 nitrogen and oxygen atoms in total. The molecule has 0 N–H and O–H groups in total. The zero-order chi connectivity index (χ0) is 10.3. The number of esters is 1. The molecule has 0 aromatic rings. The van der Waals surface area contributed by atoms with Crippen molar-refractivity contribution < 1.29 is 9.53 Å². The zero-order valence-electron chi connectivity index (χ0n) is 8.85. The number of carbonyl (C=O) groups is 1. The average molecular weight is 199 g/mol. The van der Waals surface area contributed by atoms with Gasteiger partial charge in [0.05, 0.1) is 6.61 Å². The van der Waals surface area contributed by atoms with E-state index >= 15 is 0 Å². The maximum Gasteiger partial charge on any atom is 0.333 e. The quantitative estimate of drug-likeness (QED) is 0.284. The molecule has 0 aliphatic heterocycles. The van der Waals surface area contributed by atoms with Crippen LogP contribution in [0.25, 0.3) is 0 Å². The highest BCUT2D eigenvalue weighted by atomic mass is 28.3. The van der Waals surface area contributed by atoms with Gasteiger partial charge in [0.25, 0.3) is 0 Å². The van der Waals surface area contributed by atoms with E-state index in [9.17, 15) is 4.79 Å². The minimum Gasteiger partial charge on any atom is -0.462 e. The van der Waals surface area contributed by atoms with Gasteiger partial charge in [-0.25, -0.2) is 4.79 Å². The molecule has 0 aliphatic carbocycles. The third-order valence-corrected chi connectivity index (χ3v) is 3.01. The van der Waals surface area contributed by atoms with Crippen LogP contribution in [0.4, 0.5) is 0 Å². The molecular formula is C10H19O2Si. The normalized spacial score (nSPS) is 10.2. The number of hydrogen-bond acceptors (Lipinski definition) is 2. The summed E-state index contributed by atoms with van der Waals surface area (Å²) in [7, 11) is -0.109. The summed E-state index contributed by atoms with van der Waals surface area (Å²) in [5, 5.41) is 0. The monoisotopic (exact) mass is 199 g/mol. The first-order chi connectivity index (χ1) is 6.04. The molecule has 0 unspecified atom stereocenters. The summed E-state index contributed by atoms with van der Waals surface area (Å²) in [4.78, 5) is 10.9. The van der Waals surface area contributed by atoms with E-state index in [1.165, 1.54) is 12.5 Å². The average Bonchev–Trinajstić information content (AvgIpc) is 2.02. The Balaban J connectivity index is 3.26. The molecule has 0 heterocycles. The lowest BCUT2D eigenvalue weighted by atomic mass is 10.3. The van der Waals surface area contributed by atoms with Crippen molar-refractivity contribution in [2.24, 2.45) is 0 Å². The van der Waals surface area contributed by atoms with Gasteiger partial charge >= 0.3 is 5.97 Å². The van der Waals surface area contributed by atoms with Crippen molar-refractivity contribution in [2.75, 3.05) is 6.61 Å². The molecule has 0 aromatic carbocycles. The minimum absolute atomic E-state index is 0.109. The predicted octanol–water partition coefficient (Wildman–Crippen LogP) is 2.64. The Morgan fingerprint density at radius 3 is 2.46 bits per heavy atom. The second-order valence-corrected chi connectivity index (χ2v) is 6.49. The van der Waals surface area contributed by atoms with Crippen LogP contribution < -0.4 is 0 Å². The van der Waals surface area contributed by atoms with Crippen molar-refractivity contribution in [3.05, 3.63) is 12.2 Å². The van der Waals surface area contributed by atoms with E-state index in [0.717, 1.165) is 6.42 Å². The smallest absolute Gasteiger partial charge is 0.333 e. The molecule has 0 amide bonds. The van der Waals surface area contributed by atoms with Crippen LogP contribution in [-0.2, 0) is 9.53 Å². The highest BCUT2D eigenvalue weighted by molar-refractivity contribution is 6.55. The molecular weight excluding hydrogens is 180 g/mol. The van der Waals surface area contributed by atoms with Crippen molar-refractivity contribution in [1.29, 1.82) is 0 Å². The van der Waals surface area contributed by atoms with Crippen LogP contribution in [0.5, 0.6) is 0 Å². The highest BCUT2D eigenvalue weighted by Crippen LogP contribution is 2.02. The number of hydrogen-bond donors (Lipinski definition) is 0. The van der Waals surface area contributed by atoms with E-state index in [0.29, 0.717) is 12.2 Å². The van der Waals surface area contributed by atoms with Gasteiger partial charge in [-0.3, -0.25) is 0 Å². The molecule has 0 aliphatic rings. The molecule has 0 spiro atoms. The van der Waals surface area contributed by atoms with Gasteiger partial charge in [-0.05, 0) is 13.3 Å². The first-order valence-corrected chi connectivity index (χ1v) is 7.36. The van der Waals surface area contributed by atoms with E-state index < -0.39 is 0 Å². The molecule has 1 radical (unpaired) electrons. The summed E-state index contributed by atoms with van der Waals surface area (Å²) in [6.45, 7) is 10.3. The van der Waals surface area contributed by atoms with Crippen molar-refractivity contribution in [1.82, 2.24) is 0 Å². The minimum atomic E-state index is -0.265. The van der Waals surface area contributed by atoms with E-state index in [1.807, 2.05) is 0 Å².